The molecule has 2 aliphatic rings. The molecule has 1 fully saturated rings. The van der Waals surface area contributed by atoms with Crippen molar-refractivity contribution < 1.29 is 23.8 Å². The molecule has 0 aromatic heterocycles. The minimum absolute atomic E-state index is 0.0468. The number of benzene rings is 1. The average Bonchev–Trinajstić information content (AvgIpc) is 3.18. The molecule has 1 aromatic rings. The van der Waals surface area contributed by atoms with Crippen molar-refractivity contribution in [3.63, 3.8) is 0 Å². The van der Waals surface area contributed by atoms with Crippen LogP contribution in [0.1, 0.15) is 44.7 Å². The molecule has 27 heavy (non-hydrogen) atoms. The molecular formula is C20H26N2O5. The highest BCUT2D eigenvalue weighted by Crippen LogP contribution is 2.29. The summed E-state index contributed by atoms with van der Waals surface area (Å²) in [6.45, 7) is 5.31. The Kier molecular flexibility index (Phi) is 6.34. The molecule has 2 aliphatic heterocycles. The summed E-state index contributed by atoms with van der Waals surface area (Å²) in [5.41, 5.74) is 1.68. The number of urea groups is 1. The Balaban J connectivity index is 1.75. The van der Waals surface area contributed by atoms with Gasteiger partial charge in [0.1, 0.15) is 12.4 Å². The number of rotatable bonds is 7. The van der Waals surface area contributed by atoms with Gasteiger partial charge in [0, 0.05) is 12.3 Å². The zero-order valence-electron chi connectivity index (χ0n) is 15.7. The predicted octanol–water partition coefficient (Wildman–Crippen LogP) is 2.83. The molecule has 7 heteroatoms. The summed E-state index contributed by atoms with van der Waals surface area (Å²) in [7, 11) is 0. The van der Waals surface area contributed by atoms with Crippen LogP contribution in [0.5, 0.6) is 5.75 Å². The molecule has 0 unspecified atom stereocenters. The highest BCUT2D eigenvalue weighted by Gasteiger charge is 2.32. The molecule has 0 spiro atoms. The highest BCUT2D eigenvalue weighted by molar-refractivity contribution is 5.95. The van der Waals surface area contributed by atoms with Gasteiger partial charge in [-0.15, -0.1) is 0 Å². The first-order valence-electron chi connectivity index (χ1n) is 9.38. The molecule has 1 saturated heterocycles. The summed E-state index contributed by atoms with van der Waals surface area (Å²) < 4.78 is 16.6. The predicted molar refractivity (Wildman–Crippen MR) is 99.3 cm³/mol. The van der Waals surface area contributed by atoms with Gasteiger partial charge in [-0.1, -0.05) is 19.1 Å². The third kappa shape index (κ3) is 4.80. The van der Waals surface area contributed by atoms with Crippen LogP contribution in [0.4, 0.5) is 4.79 Å². The van der Waals surface area contributed by atoms with Crippen LogP contribution < -0.4 is 15.4 Å². The van der Waals surface area contributed by atoms with Gasteiger partial charge in [-0.25, -0.2) is 9.59 Å². The molecule has 0 bridgehead atoms. The standard InChI is InChI=1S/C20H26N2O5/c1-3-10-25-15-8-6-14(7-9-15)18-17(13(2)21-20(24)22-18)19(23)27-12-16-5-4-11-26-16/h6-9,16,18H,3-5,10-12H2,1-2H3,(H2,21,22,24)/t16-,18-/m1/s1. The Bertz CT molecular complexity index is 708. The van der Waals surface area contributed by atoms with Gasteiger partial charge in [0.2, 0.25) is 0 Å². The highest BCUT2D eigenvalue weighted by atomic mass is 16.6. The van der Waals surface area contributed by atoms with Crippen molar-refractivity contribution in [3.05, 3.63) is 41.1 Å². The maximum Gasteiger partial charge on any atom is 0.338 e. The minimum atomic E-state index is -0.573. The minimum Gasteiger partial charge on any atom is -0.494 e. The first-order chi connectivity index (χ1) is 13.1. The molecule has 3 rings (SSSR count). The molecule has 7 nitrogen and oxygen atoms in total. The maximum atomic E-state index is 12.7. The van der Waals surface area contributed by atoms with Crippen LogP contribution in [-0.2, 0) is 14.3 Å². The first kappa shape index (κ1) is 19.2. The quantitative estimate of drug-likeness (QED) is 0.717. The second kappa shape index (κ2) is 8.90. The molecule has 2 atom stereocenters. The van der Waals surface area contributed by atoms with Gasteiger partial charge < -0.3 is 24.8 Å². The summed E-state index contributed by atoms with van der Waals surface area (Å²) >= 11 is 0. The molecule has 1 aromatic carbocycles. The van der Waals surface area contributed by atoms with E-state index in [-0.39, 0.29) is 18.7 Å². The van der Waals surface area contributed by atoms with E-state index in [1.807, 2.05) is 31.2 Å². The topological polar surface area (TPSA) is 85.9 Å². The van der Waals surface area contributed by atoms with Crippen LogP contribution in [0, 0.1) is 0 Å². The van der Waals surface area contributed by atoms with Crippen molar-refractivity contribution in [2.75, 3.05) is 19.8 Å². The van der Waals surface area contributed by atoms with E-state index >= 15 is 0 Å². The van der Waals surface area contributed by atoms with E-state index in [0.717, 1.165) is 30.6 Å². The van der Waals surface area contributed by atoms with Gasteiger partial charge in [-0.05, 0) is 43.9 Å². The van der Waals surface area contributed by atoms with Crippen LogP contribution in [0.2, 0.25) is 0 Å². The second-order valence-corrected chi connectivity index (χ2v) is 6.72. The van der Waals surface area contributed by atoms with E-state index in [0.29, 0.717) is 24.5 Å². The summed E-state index contributed by atoms with van der Waals surface area (Å²) in [4.78, 5) is 24.7. The number of hydrogen-bond donors (Lipinski definition) is 2. The van der Waals surface area contributed by atoms with Crippen molar-refractivity contribution in [2.45, 2.75) is 45.3 Å². The summed E-state index contributed by atoms with van der Waals surface area (Å²) in [5.74, 6) is 0.302. The third-order valence-corrected chi connectivity index (χ3v) is 4.60. The van der Waals surface area contributed by atoms with Gasteiger partial charge in [0.25, 0.3) is 0 Å². The zero-order valence-corrected chi connectivity index (χ0v) is 15.7. The fourth-order valence-electron chi connectivity index (χ4n) is 3.21. The summed E-state index contributed by atoms with van der Waals surface area (Å²) in [6, 6.07) is 6.45. The Morgan fingerprint density at radius 3 is 2.74 bits per heavy atom. The Labute approximate surface area is 159 Å². The van der Waals surface area contributed by atoms with E-state index in [9.17, 15) is 9.59 Å². The fraction of sp³-hybridized carbons (Fsp3) is 0.500. The van der Waals surface area contributed by atoms with Crippen molar-refractivity contribution in [1.82, 2.24) is 10.6 Å². The van der Waals surface area contributed by atoms with E-state index in [2.05, 4.69) is 10.6 Å². The van der Waals surface area contributed by atoms with Crippen LogP contribution >= 0.6 is 0 Å². The van der Waals surface area contributed by atoms with Gasteiger partial charge in [0.05, 0.1) is 24.3 Å². The summed E-state index contributed by atoms with van der Waals surface area (Å²) in [5, 5.41) is 5.45. The molecule has 2 amide bonds. The van der Waals surface area contributed by atoms with Gasteiger partial charge in [-0.2, -0.15) is 0 Å². The van der Waals surface area contributed by atoms with E-state index in [4.69, 9.17) is 14.2 Å². The molecule has 2 heterocycles. The first-order valence-corrected chi connectivity index (χ1v) is 9.38. The Morgan fingerprint density at radius 1 is 1.30 bits per heavy atom. The zero-order chi connectivity index (χ0) is 19.2. The lowest BCUT2D eigenvalue weighted by Crippen LogP contribution is -2.45. The number of carbonyl (C=O) groups excluding carboxylic acids is 2. The van der Waals surface area contributed by atoms with E-state index in [1.54, 1.807) is 6.92 Å². The second-order valence-electron chi connectivity index (χ2n) is 6.72. The number of hydrogen-bond acceptors (Lipinski definition) is 5. The number of esters is 1. The average molecular weight is 374 g/mol. The lowest BCUT2D eigenvalue weighted by molar-refractivity contribution is -0.142. The third-order valence-electron chi connectivity index (χ3n) is 4.60. The lowest BCUT2D eigenvalue weighted by Gasteiger charge is -2.28. The van der Waals surface area contributed by atoms with E-state index < -0.39 is 12.0 Å². The van der Waals surface area contributed by atoms with Crippen molar-refractivity contribution >= 4 is 12.0 Å². The molecule has 0 aliphatic carbocycles. The van der Waals surface area contributed by atoms with Crippen LogP contribution in [-0.4, -0.2) is 37.9 Å². The van der Waals surface area contributed by atoms with Crippen molar-refractivity contribution in [1.29, 1.82) is 0 Å². The lowest BCUT2D eigenvalue weighted by atomic mass is 9.95. The normalized spacial score (nSPS) is 22.2. The summed E-state index contributed by atoms with van der Waals surface area (Å²) in [6.07, 6.45) is 2.75. The van der Waals surface area contributed by atoms with Crippen LogP contribution in [0.25, 0.3) is 0 Å². The maximum absolute atomic E-state index is 12.7. The molecular weight excluding hydrogens is 348 g/mol. The van der Waals surface area contributed by atoms with Gasteiger partial charge in [0.15, 0.2) is 0 Å². The smallest absolute Gasteiger partial charge is 0.338 e. The Hall–Kier alpha value is -2.54. The number of carbonyl (C=O) groups is 2. The van der Waals surface area contributed by atoms with Crippen LogP contribution in [0.15, 0.2) is 35.5 Å². The molecule has 2 N–H and O–H groups in total. The monoisotopic (exact) mass is 374 g/mol. The number of allylic oxidation sites excluding steroid dienone is 1. The van der Waals surface area contributed by atoms with Gasteiger partial charge in [-0.3, -0.25) is 0 Å². The molecule has 0 radical (unpaired) electrons. The Morgan fingerprint density at radius 2 is 2.07 bits per heavy atom. The number of ether oxygens (including phenoxy) is 3. The van der Waals surface area contributed by atoms with Crippen molar-refractivity contribution in [3.8, 4) is 5.75 Å². The van der Waals surface area contributed by atoms with Crippen LogP contribution in [0.3, 0.4) is 0 Å². The van der Waals surface area contributed by atoms with Crippen molar-refractivity contribution in [2.24, 2.45) is 0 Å². The van der Waals surface area contributed by atoms with E-state index in [1.165, 1.54) is 0 Å². The SMILES string of the molecule is CCCOc1ccc([C@H]2NC(=O)NC(C)=C2C(=O)OC[C@H]2CCCO2)cc1. The molecule has 0 saturated carbocycles. The van der Waals surface area contributed by atoms with Gasteiger partial charge >= 0.3 is 12.0 Å². The number of nitrogens with one attached hydrogen (secondary N) is 2. The fourth-order valence-corrected chi connectivity index (χ4v) is 3.21. The molecule has 146 valence electrons. The largest absolute Gasteiger partial charge is 0.494 e. The number of amides is 2.